The number of nitrogen functional groups attached to an aromatic ring is 1. The summed E-state index contributed by atoms with van der Waals surface area (Å²) in [5.41, 5.74) is 6.73. The van der Waals surface area contributed by atoms with E-state index in [1.165, 1.54) is 6.92 Å². The van der Waals surface area contributed by atoms with Crippen LogP contribution in [-0.4, -0.2) is 63.1 Å². The van der Waals surface area contributed by atoms with Gasteiger partial charge in [0.05, 0.1) is 25.6 Å². The second-order valence-corrected chi connectivity index (χ2v) is 9.69. The van der Waals surface area contributed by atoms with E-state index < -0.39 is 38.3 Å². The molecule has 2 saturated heterocycles. The molecular formula is C19H28N5O8P. The number of carbonyl (C=O) groups excluding carboxylic acids is 1. The molecule has 0 aromatic carbocycles. The first-order valence-corrected chi connectivity index (χ1v) is 12.2. The minimum Gasteiger partial charge on any atom is -0.476 e. The van der Waals surface area contributed by atoms with Crippen molar-refractivity contribution in [2.45, 2.75) is 65.3 Å². The topological polar surface area (TPSA) is 159 Å². The van der Waals surface area contributed by atoms with Crippen LogP contribution in [0.15, 0.2) is 6.33 Å². The Bertz CT molecular complexity index is 1080. The number of phosphoric ester groups is 1. The number of imidazole rings is 1. The number of aromatic nitrogens is 4. The Kier molecular flexibility index (Phi) is 6.61. The molecule has 0 aliphatic carbocycles. The molecule has 2 aromatic rings. The molecule has 14 heteroatoms. The number of nitrogens with two attached hydrogens (primary N) is 1. The molecular weight excluding hydrogens is 457 g/mol. The average molecular weight is 485 g/mol. The maximum Gasteiger partial charge on any atom is 0.476 e. The van der Waals surface area contributed by atoms with E-state index in [9.17, 15) is 9.36 Å². The van der Waals surface area contributed by atoms with Crippen molar-refractivity contribution in [1.82, 2.24) is 19.5 Å². The number of hydrogen-bond acceptors (Lipinski definition) is 12. The number of anilines is 1. The molecule has 2 aliphatic rings. The maximum atomic E-state index is 13.1. The van der Waals surface area contributed by atoms with Crippen molar-refractivity contribution >= 4 is 30.9 Å². The first-order valence-electron chi connectivity index (χ1n) is 10.7. The lowest BCUT2D eigenvalue weighted by Gasteiger charge is -2.32. The van der Waals surface area contributed by atoms with E-state index in [2.05, 4.69) is 15.0 Å². The fourth-order valence-corrected chi connectivity index (χ4v) is 5.39. The molecule has 6 atom stereocenters. The van der Waals surface area contributed by atoms with Gasteiger partial charge < -0.3 is 19.9 Å². The van der Waals surface area contributed by atoms with Crippen molar-refractivity contribution in [3.05, 3.63) is 6.33 Å². The van der Waals surface area contributed by atoms with Crippen LogP contribution in [0.5, 0.6) is 5.88 Å². The Morgan fingerprint density at radius 3 is 2.82 bits per heavy atom. The number of nitrogens with zero attached hydrogens (tertiary/aromatic N) is 4. The molecule has 0 spiro atoms. The zero-order valence-electron chi connectivity index (χ0n) is 19.0. The Hall–Kier alpha value is -2.31. The van der Waals surface area contributed by atoms with Crippen LogP contribution in [0.1, 0.15) is 40.8 Å². The summed E-state index contributed by atoms with van der Waals surface area (Å²) in [6.45, 7) is 8.90. The van der Waals surface area contributed by atoms with E-state index in [0.717, 1.165) is 0 Å². The standard InChI is InChI=1S/C19H28N5O8P/c1-6-27-16-13-15(22-19(20)23-16)24(8-21-13)17-10(4)14-12(30-17)7-28-33(26,32-14)31-11(5)18(25)29-9(2)3/h8-12,14,17H,6-7H2,1-5H3,(H2,20,22,23). The third-order valence-corrected chi connectivity index (χ3v) is 6.77. The van der Waals surface area contributed by atoms with Gasteiger partial charge in [0.15, 0.2) is 17.3 Å². The van der Waals surface area contributed by atoms with Crippen LogP contribution >= 0.6 is 7.82 Å². The normalized spacial score (nSPS) is 30.4. The van der Waals surface area contributed by atoms with Crippen molar-refractivity contribution in [3.63, 3.8) is 0 Å². The lowest BCUT2D eigenvalue weighted by molar-refractivity contribution is -0.157. The minimum absolute atomic E-state index is 0.0375. The minimum atomic E-state index is -4.02. The van der Waals surface area contributed by atoms with Crippen LogP contribution in [0, 0.1) is 5.92 Å². The molecule has 13 nitrogen and oxygen atoms in total. The molecule has 4 rings (SSSR count). The SMILES string of the molecule is CCOc1nc(N)nc2c1ncn2C1OC2COP(=O)(OC(C)C(=O)OC(C)C)OC2C1C. The number of esters is 1. The molecule has 6 unspecified atom stereocenters. The molecule has 2 fully saturated rings. The molecule has 0 radical (unpaired) electrons. The van der Waals surface area contributed by atoms with E-state index >= 15 is 0 Å². The van der Waals surface area contributed by atoms with Gasteiger partial charge in [0.2, 0.25) is 11.8 Å². The molecule has 33 heavy (non-hydrogen) atoms. The van der Waals surface area contributed by atoms with Crippen LogP contribution in [-0.2, 0) is 32.4 Å². The Morgan fingerprint density at radius 2 is 2.12 bits per heavy atom. The highest BCUT2D eigenvalue weighted by Crippen LogP contribution is 2.58. The van der Waals surface area contributed by atoms with Gasteiger partial charge in [-0.05, 0) is 27.7 Å². The van der Waals surface area contributed by atoms with Crippen LogP contribution in [0.25, 0.3) is 11.2 Å². The van der Waals surface area contributed by atoms with Gasteiger partial charge in [-0.2, -0.15) is 9.97 Å². The van der Waals surface area contributed by atoms with E-state index in [1.807, 2.05) is 13.8 Å². The molecule has 2 aromatic heterocycles. The number of fused-ring (bicyclic) bond motifs is 2. The third kappa shape index (κ3) is 4.69. The Labute approximate surface area is 190 Å². The predicted molar refractivity (Wildman–Crippen MR) is 114 cm³/mol. The Morgan fingerprint density at radius 1 is 1.36 bits per heavy atom. The highest BCUT2D eigenvalue weighted by Gasteiger charge is 2.53. The van der Waals surface area contributed by atoms with E-state index in [4.69, 9.17) is 33.5 Å². The number of carbonyl (C=O) groups is 1. The zero-order chi connectivity index (χ0) is 23.9. The first-order chi connectivity index (χ1) is 15.6. The van der Waals surface area contributed by atoms with Gasteiger partial charge in [-0.15, -0.1) is 0 Å². The average Bonchev–Trinajstić information content (AvgIpc) is 3.28. The number of hydrogen-bond donors (Lipinski definition) is 1. The Balaban J connectivity index is 1.53. The van der Waals surface area contributed by atoms with Gasteiger partial charge in [-0.1, -0.05) is 6.92 Å². The summed E-state index contributed by atoms with van der Waals surface area (Å²) in [5, 5.41) is 0. The van der Waals surface area contributed by atoms with Gasteiger partial charge in [0.25, 0.3) is 0 Å². The summed E-state index contributed by atoms with van der Waals surface area (Å²) < 4.78 is 48.0. The van der Waals surface area contributed by atoms with Gasteiger partial charge in [-0.25, -0.2) is 14.3 Å². The van der Waals surface area contributed by atoms with Crippen molar-refractivity contribution in [2.75, 3.05) is 18.9 Å². The van der Waals surface area contributed by atoms with Gasteiger partial charge in [-0.3, -0.25) is 18.1 Å². The van der Waals surface area contributed by atoms with Crippen LogP contribution in [0.3, 0.4) is 0 Å². The predicted octanol–water partition coefficient (Wildman–Crippen LogP) is 2.22. The van der Waals surface area contributed by atoms with E-state index in [-0.39, 0.29) is 30.5 Å². The van der Waals surface area contributed by atoms with Gasteiger partial charge in [0, 0.05) is 5.92 Å². The largest absolute Gasteiger partial charge is 0.476 e. The molecule has 0 amide bonds. The number of ether oxygens (including phenoxy) is 3. The maximum absolute atomic E-state index is 13.1. The van der Waals surface area contributed by atoms with Gasteiger partial charge in [0.1, 0.15) is 18.4 Å². The van der Waals surface area contributed by atoms with Crippen molar-refractivity contribution in [3.8, 4) is 5.88 Å². The highest BCUT2D eigenvalue weighted by molar-refractivity contribution is 7.48. The lowest BCUT2D eigenvalue weighted by Crippen LogP contribution is -2.37. The quantitative estimate of drug-likeness (QED) is 0.451. The zero-order valence-corrected chi connectivity index (χ0v) is 19.9. The molecule has 0 saturated carbocycles. The smallest absolute Gasteiger partial charge is 0.476 e. The summed E-state index contributed by atoms with van der Waals surface area (Å²) in [6.07, 6.45) is -1.61. The summed E-state index contributed by atoms with van der Waals surface area (Å²) in [5.74, 6) is -0.634. The van der Waals surface area contributed by atoms with Crippen LogP contribution < -0.4 is 10.5 Å². The monoisotopic (exact) mass is 485 g/mol. The molecule has 2 aliphatic heterocycles. The third-order valence-electron chi connectivity index (χ3n) is 5.23. The van der Waals surface area contributed by atoms with E-state index in [0.29, 0.717) is 17.8 Å². The van der Waals surface area contributed by atoms with Gasteiger partial charge >= 0.3 is 13.8 Å². The summed E-state index contributed by atoms with van der Waals surface area (Å²) >= 11 is 0. The molecule has 4 heterocycles. The first kappa shape index (κ1) is 23.8. The van der Waals surface area contributed by atoms with Crippen LogP contribution in [0.2, 0.25) is 0 Å². The highest BCUT2D eigenvalue weighted by atomic mass is 31.2. The van der Waals surface area contributed by atoms with Crippen molar-refractivity contribution in [2.24, 2.45) is 5.92 Å². The fraction of sp³-hybridized carbons (Fsp3) is 0.684. The second-order valence-electron chi connectivity index (χ2n) is 8.11. The van der Waals surface area contributed by atoms with Crippen LogP contribution in [0.4, 0.5) is 5.95 Å². The van der Waals surface area contributed by atoms with E-state index in [1.54, 1.807) is 24.7 Å². The van der Waals surface area contributed by atoms with Crippen molar-refractivity contribution < 1.29 is 37.1 Å². The summed E-state index contributed by atoms with van der Waals surface area (Å²) in [4.78, 5) is 24.8. The molecule has 2 N–H and O–H groups in total. The summed E-state index contributed by atoms with van der Waals surface area (Å²) in [6, 6.07) is 0. The van der Waals surface area contributed by atoms with Crippen molar-refractivity contribution in [1.29, 1.82) is 0 Å². The molecule has 0 bridgehead atoms. The summed E-state index contributed by atoms with van der Waals surface area (Å²) in [7, 11) is -4.02. The number of phosphoric acid groups is 1. The second kappa shape index (κ2) is 9.15. The fourth-order valence-electron chi connectivity index (χ4n) is 3.79. The lowest BCUT2D eigenvalue weighted by atomic mass is 10.0. The molecule has 182 valence electrons. The number of rotatable bonds is 7.